The maximum atomic E-state index is 12.8. The second kappa shape index (κ2) is 6.99. The van der Waals surface area contributed by atoms with Crippen LogP contribution >= 0.6 is 0 Å². The largest absolute Gasteiger partial charge is 0.478 e. The minimum Gasteiger partial charge on any atom is -0.478 e. The first-order valence-corrected chi connectivity index (χ1v) is 6.73. The predicted molar refractivity (Wildman–Crippen MR) is 77.9 cm³/mol. The number of carbonyl (C=O) groups excluding carboxylic acids is 1. The maximum absolute atomic E-state index is 12.8. The molecule has 5 nitrogen and oxygen atoms in total. The molecule has 0 fully saturated rings. The van der Waals surface area contributed by atoms with Gasteiger partial charge in [-0.3, -0.25) is 15.6 Å². The predicted octanol–water partition coefficient (Wildman–Crippen LogP) is 3.26. The standard InChI is InChI=1S/C15H14F3N3O2/c1-2-23-13-8-7-10(9-19-13)14(22)21-20-12-6-4-3-5-11(12)15(16,17)18/h3-9,20H,2H2,1H3,(H,21,22). The number of benzene rings is 1. The van der Waals surface area contributed by atoms with Crippen molar-refractivity contribution < 1.29 is 22.7 Å². The number of ether oxygens (including phenoxy) is 1. The highest BCUT2D eigenvalue weighted by Crippen LogP contribution is 2.34. The van der Waals surface area contributed by atoms with Crippen molar-refractivity contribution in [1.82, 2.24) is 10.4 Å². The number of anilines is 1. The third-order valence-electron chi connectivity index (χ3n) is 2.83. The van der Waals surface area contributed by atoms with Gasteiger partial charge in [0.25, 0.3) is 5.91 Å². The fraction of sp³-hybridized carbons (Fsp3) is 0.200. The Morgan fingerprint density at radius 2 is 1.96 bits per heavy atom. The van der Waals surface area contributed by atoms with E-state index in [-0.39, 0.29) is 11.3 Å². The molecule has 1 aromatic carbocycles. The van der Waals surface area contributed by atoms with Crippen LogP contribution in [0.1, 0.15) is 22.8 Å². The van der Waals surface area contributed by atoms with Gasteiger partial charge in [0, 0.05) is 12.3 Å². The molecule has 0 unspecified atom stereocenters. The van der Waals surface area contributed by atoms with Gasteiger partial charge in [0.2, 0.25) is 5.88 Å². The molecule has 0 aliphatic carbocycles. The fourth-order valence-corrected chi connectivity index (χ4v) is 1.78. The molecule has 2 aromatic rings. The molecule has 1 heterocycles. The summed E-state index contributed by atoms with van der Waals surface area (Å²) in [6, 6.07) is 7.81. The number of hydrogen-bond donors (Lipinski definition) is 2. The van der Waals surface area contributed by atoms with Crippen LogP contribution < -0.4 is 15.6 Å². The van der Waals surface area contributed by atoms with E-state index in [0.717, 1.165) is 6.07 Å². The molecule has 122 valence electrons. The fourth-order valence-electron chi connectivity index (χ4n) is 1.78. The Morgan fingerprint density at radius 1 is 1.22 bits per heavy atom. The molecule has 0 bridgehead atoms. The summed E-state index contributed by atoms with van der Waals surface area (Å²) >= 11 is 0. The highest BCUT2D eigenvalue weighted by Gasteiger charge is 2.33. The minimum atomic E-state index is -4.52. The number of amides is 1. The van der Waals surface area contributed by atoms with Crippen LogP contribution in [0.25, 0.3) is 0 Å². The van der Waals surface area contributed by atoms with E-state index in [1.54, 1.807) is 6.92 Å². The number of aromatic nitrogens is 1. The molecule has 0 radical (unpaired) electrons. The van der Waals surface area contributed by atoms with Crippen molar-refractivity contribution in [1.29, 1.82) is 0 Å². The quantitative estimate of drug-likeness (QED) is 0.828. The lowest BCUT2D eigenvalue weighted by Gasteiger charge is -2.14. The van der Waals surface area contributed by atoms with Crippen molar-refractivity contribution in [3.8, 4) is 5.88 Å². The van der Waals surface area contributed by atoms with E-state index in [9.17, 15) is 18.0 Å². The van der Waals surface area contributed by atoms with E-state index in [1.807, 2.05) is 0 Å². The Morgan fingerprint density at radius 3 is 2.57 bits per heavy atom. The molecular formula is C15H14F3N3O2. The summed E-state index contributed by atoms with van der Waals surface area (Å²) in [5, 5.41) is 0. The number of pyridine rings is 1. The van der Waals surface area contributed by atoms with Gasteiger partial charge in [0.05, 0.1) is 23.4 Å². The van der Waals surface area contributed by atoms with Crippen LogP contribution in [0.2, 0.25) is 0 Å². The highest BCUT2D eigenvalue weighted by molar-refractivity contribution is 5.94. The van der Waals surface area contributed by atoms with Crippen molar-refractivity contribution in [2.24, 2.45) is 0 Å². The van der Waals surface area contributed by atoms with Gasteiger partial charge in [-0.15, -0.1) is 0 Å². The smallest absolute Gasteiger partial charge is 0.418 e. The third kappa shape index (κ3) is 4.35. The SMILES string of the molecule is CCOc1ccc(C(=O)NNc2ccccc2C(F)(F)F)cn1. The van der Waals surface area contributed by atoms with Gasteiger partial charge in [-0.2, -0.15) is 13.2 Å². The summed E-state index contributed by atoms with van der Waals surface area (Å²) in [6.07, 6.45) is -3.24. The Labute approximate surface area is 130 Å². The van der Waals surface area contributed by atoms with Crippen LogP contribution in [0.4, 0.5) is 18.9 Å². The number of nitrogens with one attached hydrogen (secondary N) is 2. The molecule has 0 spiro atoms. The van der Waals surface area contributed by atoms with Crippen molar-refractivity contribution in [3.05, 3.63) is 53.7 Å². The molecule has 2 N–H and O–H groups in total. The summed E-state index contributed by atoms with van der Waals surface area (Å²) in [6.45, 7) is 2.23. The summed E-state index contributed by atoms with van der Waals surface area (Å²) in [5.41, 5.74) is 3.56. The molecule has 8 heteroatoms. The molecule has 0 saturated heterocycles. The lowest BCUT2D eigenvalue weighted by atomic mass is 10.2. The summed E-state index contributed by atoms with van der Waals surface area (Å²) in [4.78, 5) is 15.8. The maximum Gasteiger partial charge on any atom is 0.418 e. The number of hydrogen-bond acceptors (Lipinski definition) is 4. The van der Waals surface area contributed by atoms with Gasteiger partial charge < -0.3 is 4.74 Å². The average Bonchev–Trinajstić information content (AvgIpc) is 2.53. The molecule has 1 amide bonds. The van der Waals surface area contributed by atoms with Gasteiger partial charge in [0.15, 0.2) is 0 Å². The molecule has 2 rings (SSSR count). The minimum absolute atomic E-state index is 0.186. The van der Waals surface area contributed by atoms with Gasteiger partial charge in [-0.1, -0.05) is 12.1 Å². The molecular weight excluding hydrogens is 311 g/mol. The van der Waals surface area contributed by atoms with E-state index in [0.29, 0.717) is 12.5 Å². The van der Waals surface area contributed by atoms with E-state index in [1.165, 1.54) is 36.5 Å². The number of alkyl halides is 3. The number of hydrazine groups is 1. The van der Waals surface area contributed by atoms with Crippen molar-refractivity contribution in [2.75, 3.05) is 12.0 Å². The van der Waals surface area contributed by atoms with Crippen LogP contribution in [0, 0.1) is 0 Å². The second-order valence-electron chi connectivity index (χ2n) is 4.44. The normalized spacial score (nSPS) is 11.0. The third-order valence-corrected chi connectivity index (χ3v) is 2.83. The Kier molecular flexibility index (Phi) is 5.05. The van der Waals surface area contributed by atoms with Crippen molar-refractivity contribution in [2.45, 2.75) is 13.1 Å². The van der Waals surface area contributed by atoms with E-state index >= 15 is 0 Å². The number of nitrogens with zero attached hydrogens (tertiary/aromatic N) is 1. The molecule has 0 atom stereocenters. The molecule has 0 aliphatic heterocycles. The lowest BCUT2D eigenvalue weighted by molar-refractivity contribution is -0.137. The van der Waals surface area contributed by atoms with Crippen LogP contribution in [0.5, 0.6) is 5.88 Å². The first-order chi connectivity index (χ1) is 10.9. The zero-order valence-electron chi connectivity index (χ0n) is 12.1. The first-order valence-electron chi connectivity index (χ1n) is 6.73. The topological polar surface area (TPSA) is 63.2 Å². The summed E-state index contributed by atoms with van der Waals surface area (Å²) in [5.74, 6) is -0.253. The Balaban J connectivity index is 2.05. The van der Waals surface area contributed by atoms with E-state index in [2.05, 4.69) is 15.8 Å². The second-order valence-corrected chi connectivity index (χ2v) is 4.44. The zero-order valence-corrected chi connectivity index (χ0v) is 12.1. The van der Waals surface area contributed by atoms with E-state index < -0.39 is 17.6 Å². The zero-order chi connectivity index (χ0) is 16.9. The van der Waals surface area contributed by atoms with Gasteiger partial charge in [-0.25, -0.2) is 4.98 Å². The number of halogens is 3. The average molecular weight is 325 g/mol. The van der Waals surface area contributed by atoms with Gasteiger partial charge in [-0.05, 0) is 25.1 Å². The lowest BCUT2D eigenvalue weighted by Crippen LogP contribution is -2.30. The van der Waals surface area contributed by atoms with Crippen LogP contribution in [0.3, 0.4) is 0 Å². The van der Waals surface area contributed by atoms with Crippen LogP contribution in [-0.4, -0.2) is 17.5 Å². The van der Waals surface area contributed by atoms with Crippen molar-refractivity contribution >= 4 is 11.6 Å². The summed E-state index contributed by atoms with van der Waals surface area (Å²) in [7, 11) is 0. The number of para-hydroxylation sites is 1. The van der Waals surface area contributed by atoms with E-state index in [4.69, 9.17) is 4.74 Å². The molecule has 0 aliphatic rings. The number of rotatable bonds is 5. The van der Waals surface area contributed by atoms with Crippen LogP contribution in [-0.2, 0) is 6.18 Å². The molecule has 1 aromatic heterocycles. The Bertz CT molecular complexity index is 672. The van der Waals surface area contributed by atoms with Gasteiger partial charge >= 0.3 is 6.18 Å². The van der Waals surface area contributed by atoms with Gasteiger partial charge in [0.1, 0.15) is 0 Å². The van der Waals surface area contributed by atoms with Crippen LogP contribution in [0.15, 0.2) is 42.6 Å². The first kappa shape index (κ1) is 16.6. The summed E-state index contributed by atoms with van der Waals surface area (Å²) < 4.78 is 43.6. The monoisotopic (exact) mass is 325 g/mol. The highest BCUT2D eigenvalue weighted by atomic mass is 19.4. The molecule has 0 saturated carbocycles. The molecule has 23 heavy (non-hydrogen) atoms. The van der Waals surface area contributed by atoms with Crippen molar-refractivity contribution in [3.63, 3.8) is 0 Å². The Hall–Kier alpha value is -2.77. The number of carbonyl (C=O) groups is 1.